The van der Waals surface area contributed by atoms with Gasteiger partial charge in [0.1, 0.15) is 10.6 Å². The Morgan fingerprint density at radius 2 is 2.14 bits per heavy atom. The number of nitrogens with one attached hydrogen (secondary N) is 2. The van der Waals surface area contributed by atoms with E-state index in [4.69, 9.17) is 5.73 Å². The molecule has 4 N–H and O–H groups in total. The molecular formula is C14H15N5OS2. The summed E-state index contributed by atoms with van der Waals surface area (Å²) in [7, 11) is 0. The molecule has 0 spiro atoms. The number of aryl methyl sites for hydroxylation is 2. The maximum atomic E-state index is 11.1. The summed E-state index contributed by atoms with van der Waals surface area (Å²) in [4.78, 5) is 22.6. The minimum atomic E-state index is -0.127. The molecule has 0 saturated heterocycles. The first-order valence-electron chi connectivity index (χ1n) is 7.18. The van der Waals surface area contributed by atoms with Crippen LogP contribution >= 0.6 is 23.1 Å². The first-order chi connectivity index (χ1) is 10.7. The van der Waals surface area contributed by atoms with E-state index in [1.165, 1.54) is 35.0 Å². The Labute approximate surface area is 134 Å². The molecule has 0 radical (unpaired) electrons. The van der Waals surface area contributed by atoms with Crippen molar-refractivity contribution in [1.29, 1.82) is 0 Å². The van der Waals surface area contributed by atoms with Crippen molar-refractivity contribution in [3.63, 3.8) is 0 Å². The van der Waals surface area contributed by atoms with E-state index >= 15 is 0 Å². The molecule has 3 heterocycles. The van der Waals surface area contributed by atoms with Crippen LogP contribution in [0.4, 0.5) is 5.82 Å². The third kappa shape index (κ3) is 2.42. The fourth-order valence-corrected chi connectivity index (χ4v) is 4.91. The van der Waals surface area contributed by atoms with Crippen LogP contribution in [0.5, 0.6) is 0 Å². The van der Waals surface area contributed by atoms with Crippen molar-refractivity contribution in [3.8, 4) is 0 Å². The van der Waals surface area contributed by atoms with Gasteiger partial charge in [0.2, 0.25) is 0 Å². The first-order valence-corrected chi connectivity index (χ1v) is 8.98. The monoisotopic (exact) mass is 333 g/mol. The number of aromatic nitrogens is 4. The predicted molar refractivity (Wildman–Crippen MR) is 89.4 cm³/mol. The third-order valence-corrected chi connectivity index (χ3v) is 5.91. The number of H-pyrrole nitrogens is 2. The number of aromatic amines is 2. The molecule has 3 aromatic rings. The lowest BCUT2D eigenvalue weighted by atomic mass is 9.97. The lowest BCUT2D eigenvalue weighted by molar-refractivity contribution is 0.700. The minimum absolute atomic E-state index is 0.127. The van der Waals surface area contributed by atoms with Gasteiger partial charge in [0.15, 0.2) is 5.16 Å². The summed E-state index contributed by atoms with van der Waals surface area (Å²) >= 11 is 3.22. The van der Waals surface area contributed by atoms with E-state index in [1.54, 1.807) is 17.4 Å². The highest BCUT2D eigenvalue weighted by molar-refractivity contribution is 7.98. The number of thioether (sulfide) groups is 1. The largest absolute Gasteiger partial charge is 0.383 e. The van der Waals surface area contributed by atoms with E-state index in [9.17, 15) is 4.79 Å². The number of hydrogen-bond donors (Lipinski definition) is 3. The number of rotatable bonds is 3. The van der Waals surface area contributed by atoms with Crippen LogP contribution in [0.25, 0.3) is 10.2 Å². The summed E-state index contributed by atoms with van der Waals surface area (Å²) in [5, 5.41) is 7.06. The predicted octanol–water partition coefficient (Wildman–Crippen LogP) is 2.46. The number of thiophene rings is 1. The van der Waals surface area contributed by atoms with Crippen LogP contribution in [-0.2, 0) is 18.6 Å². The quantitative estimate of drug-likeness (QED) is 0.505. The lowest BCUT2D eigenvalue weighted by Crippen LogP contribution is -2.01. The minimum Gasteiger partial charge on any atom is -0.383 e. The van der Waals surface area contributed by atoms with Gasteiger partial charge in [-0.1, -0.05) is 11.8 Å². The van der Waals surface area contributed by atoms with E-state index in [2.05, 4.69) is 20.2 Å². The molecule has 6 nitrogen and oxygen atoms in total. The number of nitrogens with two attached hydrogens (primary N) is 1. The summed E-state index contributed by atoms with van der Waals surface area (Å²) < 4.78 is 0. The standard InChI is InChI=1S/C14H15N5OS2/c15-12-11-8-3-1-2-4-9(8)22-13(11)17-14(16-12)21-6-7-5-10(20)19-18-7/h5H,1-4,6H2,(H2,15,16,17)(H2,18,19,20). The highest BCUT2D eigenvalue weighted by atomic mass is 32.2. The van der Waals surface area contributed by atoms with Crippen molar-refractivity contribution in [2.24, 2.45) is 0 Å². The Morgan fingerprint density at radius 3 is 2.95 bits per heavy atom. The Bertz CT molecular complexity index is 894. The van der Waals surface area contributed by atoms with Gasteiger partial charge < -0.3 is 10.8 Å². The van der Waals surface area contributed by atoms with E-state index in [0.717, 1.165) is 28.8 Å². The molecule has 0 fully saturated rings. The van der Waals surface area contributed by atoms with Gasteiger partial charge in [-0.3, -0.25) is 9.89 Å². The SMILES string of the molecule is Nc1nc(SCc2cc(=O)[nH][nH]2)nc2sc3c(c12)CCCC3. The third-order valence-electron chi connectivity index (χ3n) is 3.83. The number of anilines is 1. The second-order valence-electron chi connectivity index (χ2n) is 5.35. The zero-order valence-electron chi connectivity index (χ0n) is 11.8. The molecule has 8 heteroatoms. The van der Waals surface area contributed by atoms with Gasteiger partial charge in [-0.05, 0) is 31.2 Å². The molecule has 0 aromatic carbocycles. The molecule has 1 aliphatic carbocycles. The van der Waals surface area contributed by atoms with Crippen molar-refractivity contribution < 1.29 is 0 Å². The highest BCUT2D eigenvalue weighted by Crippen LogP contribution is 2.38. The molecule has 0 atom stereocenters. The molecule has 0 unspecified atom stereocenters. The Kier molecular flexibility index (Phi) is 3.42. The van der Waals surface area contributed by atoms with Gasteiger partial charge in [-0.2, -0.15) is 0 Å². The average Bonchev–Trinajstić information content (AvgIpc) is 3.08. The van der Waals surface area contributed by atoms with Gasteiger partial charge in [0, 0.05) is 22.4 Å². The van der Waals surface area contributed by atoms with Gasteiger partial charge in [-0.25, -0.2) is 9.97 Å². The molecule has 0 aliphatic heterocycles. The summed E-state index contributed by atoms with van der Waals surface area (Å²) in [5.74, 6) is 1.18. The zero-order chi connectivity index (χ0) is 15.1. The number of hydrogen-bond acceptors (Lipinski definition) is 6. The van der Waals surface area contributed by atoms with Crippen molar-refractivity contribution in [1.82, 2.24) is 20.2 Å². The molecule has 4 rings (SSSR count). The number of nitrogen functional groups attached to an aromatic ring is 1. The molecule has 3 aromatic heterocycles. The summed E-state index contributed by atoms with van der Waals surface area (Å²) in [6, 6.07) is 1.54. The van der Waals surface area contributed by atoms with E-state index in [0.29, 0.717) is 16.7 Å². The summed E-state index contributed by atoms with van der Waals surface area (Å²) in [5.41, 5.74) is 8.23. The van der Waals surface area contributed by atoms with Gasteiger partial charge in [-0.15, -0.1) is 11.3 Å². The van der Waals surface area contributed by atoms with Crippen LogP contribution in [0.2, 0.25) is 0 Å². The van der Waals surface area contributed by atoms with E-state index < -0.39 is 0 Å². The van der Waals surface area contributed by atoms with Crippen LogP contribution < -0.4 is 11.3 Å². The lowest BCUT2D eigenvalue weighted by Gasteiger charge is -2.10. The molecule has 0 saturated carbocycles. The first kappa shape index (κ1) is 13.8. The number of nitrogens with zero attached hydrogens (tertiary/aromatic N) is 2. The van der Waals surface area contributed by atoms with Crippen molar-refractivity contribution >= 4 is 39.1 Å². The molecule has 1 aliphatic rings. The Hall–Kier alpha value is -1.80. The van der Waals surface area contributed by atoms with Crippen molar-refractivity contribution in [3.05, 3.63) is 32.6 Å². The van der Waals surface area contributed by atoms with Crippen molar-refractivity contribution in [2.75, 3.05) is 5.73 Å². The Morgan fingerprint density at radius 1 is 1.27 bits per heavy atom. The average molecular weight is 333 g/mol. The Balaban J connectivity index is 1.66. The van der Waals surface area contributed by atoms with Gasteiger partial charge >= 0.3 is 0 Å². The zero-order valence-corrected chi connectivity index (χ0v) is 13.4. The van der Waals surface area contributed by atoms with Crippen LogP contribution in [0, 0.1) is 0 Å². The van der Waals surface area contributed by atoms with Crippen molar-refractivity contribution in [2.45, 2.75) is 36.6 Å². The van der Waals surface area contributed by atoms with Gasteiger partial charge in [0.05, 0.1) is 5.39 Å². The second kappa shape index (κ2) is 5.44. The molecule has 0 bridgehead atoms. The van der Waals surface area contributed by atoms with Crippen LogP contribution in [0.3, 0.4) is 0 Å². The molecule has 114 valence electrons. The smallest absolute Gasteiger partial charge is 0.264 e. The van der Waals surface area contributed by atoms with Crippen LogP contribution in [-0.4, -0.2) is 20.2 Å². The van der Waals surface area contributed by atoms with E-state index in [1.807, 2.05) is 0 Å². The topological polar surface area (TPSA) is 100 Å². The van der Waals surface area contributed by atoms with E-state index in [-0.39, 0.29) is 5.56 Å². The van der Waals surface area contributed by atoms with Crippen LogP contribution in [0.1, 0.15) is 29.0 Å². The second-order valence-corrected chi connectivity index (χ2v) is 7.38. The molecule has 0 amide bonds. The van der Waals surface area contributed by atoms with Crippen LogP contribution in [0.15, 0.2) is 16.0 Å². The summed E-state index contributed by atoms with van der Waals surface area (Å²) in [6.45, 7) is 0. The maximum Gasteiger partial charge on any atom is 0.264 e. The highest BCUT2D eigenvalue weighted by Gasteiger charge is 2.20. The molecular weight excluding hydrogens is 318 g/mol. The fraction of sp³-hybridized carbons (Fsp3) is 0.357. The normalized spacial score (nSPS) is 14.4. The summed E-state index contributed by atoms with van der Waals surface area (Å²) in [6.07, 6.45) is 4.67. The fourth-order valence-electron chi connectivity index (χ4n) is 2.82. The maximum absolute atomic E-state index is 11.1. The van der Waals surface area contributed by atoms with Gasteiger partial charge in [0.25, 0.3) is 5.56 Å². The molecule has 22 heavy (non-hydrogen) atoms. The number of fused-ring (bicyclic) bond motifs is 3.